The number of nitrogens with one attached hydrogen (secondary N) is 2. The Morgan fingerprint density at radius 3 is 2.56 bits per heavy atom. The van der Waals surface area contributed by atoms with Crippen molar-refractivity contribution in [1.82, 2.24) is 15.0 Å². The van der Waals surface area contributed by atoms with Crippen molar-refractivity contribution >= 4 is 33.6 Å². The van der Waals surface area contributed by atoms with Crippen LogP contribution in [0.1, 0.15) is 25.7 Å². The molecule has 0 saturated heterocycles. The van der Waals surface area contributed by atoms with E-state index < -0.39 is 35.4 Å². The van der Waals surface area contributed by atoms with Gasteiger partial charge in [-0.2, -0.15) is 0 Å². The second-order valence-corrected chi connectivity index (χ2v) is 9.25. The van der Waals surface area contributed by atoms with Crippen LogP contribution in [0.4, 0.5) is 19.0 Å². The predicted octanol–water partition coefficient (Wildman–Crippen LogP) is 5.50. The number of rotatable bonds is 4. The molecule has 2 atom stereocenters. The van der Waals surface area contributed by atoms with Crippen molar-refractivity contribution in [2.24, 2.45) is 17.8 Å². The first kappa shape index (κ1) is 20.9. The fourth-order valence-electron chi connectivity index (χ4n) is 5.88. The summed E-state index contributed by atoms with van der Waals surface area (Å²) in [6.07, 6.45) is 5.05. The average molecular weight is 466 g/mol. The number of hydrogen-bond acceptors (Lipinski definition) is 4. The molecule has 0 aliphatic heterocycles. The number of H-pyrrole nitrogens is 1. The van der Waals surface area contributed by atoms with Gasteiger partial charge < -0.3 is 15.4 Å². The second kappa shape index (κ2) is 7.72. The lowest BCUT2D eigenvalue weighted by Gasteiger charge is -2.47. The topological polar surface area (TPSA) is 90.9 Å². The van der Waals surface area contributed by atoms with E-state index in [4.69, 9.17) is 0 Å². The monoisotopic (exact) mass is 466 g/mol. The Hall–Kier alpha value is -3.62. The molecule has 174 valence electrons. The number of aromatic nitrogens is 3. The number of halogens is 3. The molecular weight excluding hydrogens is 445 g/mol. The molecule has 4 aromatic rings. The van der Waals surface area contributed by atoms with E-state index in [-0.39, 0.29) is 39.8 Å². The molecule has 2 bridgehead atoms. The van der Waals surface area contributed by atoms with Gasteiger partial charge in [0.15, 0.2) is 5.82 Å². The molecule has 7 rings (SSSR count). The fraction of sp³-hybridized carbons (Fsp3) is 0.320. The van der Waals surface area contributed by atoms with Gasteiger partial charge >= 0.3 is 5.97 Å². The Labute approximate surface area is 192 Å². The molecule has 6 nitrogen and oxygen atoms in total. The van der Waals surface area contributed by atoms with Crippen LogP contribution in [0.3, 0.4) is 0 Å². The van der Waals surface area contributed by atoms with Gasteiger partial charge in [0.1, 0.15) is 23.3 Å². The van der Waals surface area contributed by atoms with Crippen LogP contribution >= 0.6 is 0 Å². The van der Waals surface area contributed by atoms with Gasteiger partial charge in [-0.1, -0.05) is 6.07 Å². The van der Waals surface area contributed by atoms with Crippen molar-refractivity contribution in [2.75, 3.05) is 5.32 Å². The third-order valence-corrected chi connectivity index (χ3v) is 7.43. The van der Waals surface area contributed by atoms with Crippen molar-refractivity contribution in [1.29, 1.82) is 0 Å². The zero-order valence-corrected chi connectivity index (χ0v) is 18.0. The highest BCUT2D eigenvalue weighted by atomic mass is 19.1. The highest BCUT2D eigenvalue weighted by Gasteiger charge is 2.47. The van der Waals surface area contributed by atoms with Crippen molar-refractivity contribution in [2.45, 2.75) is 31.7 Å². The lowest BCUT2D eigenvalue weighted by molar-refractivity contribution is -0.148. The molecule has 3 aliphatic rings. The molecule has 3 saturated carbocycles. The maximum atomic E-state index is 14.9. The van der Waals surface area contributed by atoms with Crippen LogP contribution in [-0.4, -0.2) is 32.1 Å². The number of carbonyl (C=O) groups is 1. The van der Waals surface area contributed by atoms with Gasteiger partial charge in [0.25, 0.3) is 0 Å². The summed E-state index contributed by atoms with van der Waals surface area (Å²) in [6, 6.07) is 6.04. The minimum absolute atomic E-state index is 0.0667. The maximum absolute atomic E-state index is 14.9. The molecule has 3 aliphatic carbocycles. The quantitative estimate of drug-likeness (QED) is 0.370. The van der Waals surface area contributed by atoms with E-state index in [1.54, 1.807) is 6.07 Å². The number of benzene rings is 2. The lowest BCUT2D eigenvalue weighted by atomic mass is 9.61. The van der Waals surface area contributed by atoms with E-state index in [1.807, 2.05) is 0 Å². The minimum Gasteiger partial charge on any atom is -0.481 e. The molecule has 0 radical (unpaired) electrons. The van der Waals surface area contributed by atoms with Crippen LogP contribution in [-0.2, 0) is 4.79 Å². The Balaban J connectivity index is 1.52. The van der Waals surface area contributed by atoms with Gasteiger partial charge in [0, 0.05) is 29.3 Å². The summed E-state index contributed by atoms with van der Waals surface area (Å²) < 4.78 is 43.1. The zero-order valence-electron chi connectivity index (χ0n) is 18.0. The predicted molar refractivity (Wildman–Crippen MR) is 121 cm³/mol. The zero-order chi connectivity index (χ0) is 23.6. The number of aliphatic carboxylic acids is 1. The van der Waals surface area contributed by atoms with Gasteiger partial charge in [0.05, 0.1) is 22.3 Å². The Morgan fingerprint density at radius 1 is 1.03 bits per heavy atom. The van der Waals surface area contributed by atoms with E-state index in [1.165, 1.54) is 24.4 Å². The average Bonchev–Trinajstić information content (AvgIpc) is 3.23. The van der Waals surface area contributed by atoms with Gasteiger partial charge in [-0.25, -0.2) is 23.1 Å². The Morgan fingerprint density at radius 2 is 1.79 bits per heavy atom. The molecule has 3 N–H and O–H groups in total. The Kier molecular flexibility index (Phi) is 4.75. The first-order valence-corrected chi connectivity index (χ1v) is 11.3. The third-order valence-electron chi connectivity index (χ3n) is 7.43. The molecule has 2 heterocycles. The first-order valence-electron chi connectivity index (χ1n) is 11.3. The summed E-state index contributed by atoms with van der Waals surface area (Å²) in [5, 5.41) is 13.6. The molecule has 0 unspecified atom stereocenters. The van der Waals surface area contributed by atoms with Crippen LogP contribution < -0.4 is 5.32 Å². The number of carboxylic acids is 1. The molecule has 3 fully saturated rings. The van der Waals surface area contributed by atoms with Gasteiger partial charge in [-0.15, -0.1) is 0 Å². The summed E-state index contributed by atoms with van der Waals surface area (Å²) in [7, 11) is 0. The summed E-state index contributed by atoms with van der Waals surface area (Å²) in [5.41, 5.74) is 0.790. The summed E-state index contributed by atoms with van der Waals surface area (Å²) >= 11 is 0. The SMILES string of the molecule is O=C(O)[C@@H]1C2CCC(CC2)[C@H]1Nc1nc(-c2c[nH]c3c(F)cc(F)cc23)nc2cccc(F)c12. The normalized spacial score (nSPS) is 24.1. The molecule has 9 heteroatoms. The number of hydrogen-bond donors (Lipinski definition) is 3. The molecule has 34 heavy (non-hydrogen) atoms. The van der Waals surface area contributed by atoms with Crippen molar-refractivity contribution in [3.63, 3.8) is 0 Å². The standard InChI is InChI=1S/C25H21F3N4O2/c26-13-8-14-15(10-29-22(14)17(28)9-13)23-30-18-3-1-2-16(27)20(18)24(32-23)31-21-12-6-4-11(5-7-12)19(21)25(33)34/h1-3,8-12,19,21,29H,4-7H2,(H,33,34)(H,30,31,32)/t11?,12?,19-,21-/m1/s1. The van der Waals surface area contributed by atoms with Crippen LogP contribution in [0.5, 0.6) is 0 Å². The van der Waals surface area contributed by atoms with Crippen molar-refractivity contribution in [3.8, 4) is 11.4 Å². The molecule has 0 amide bonds. The summed E-state index contributed by atoms with van der Waals surface area (Å²) in [4.78, 5) is 23.9. The van der Waals surface area contributed by atoms with E-state index >= 15 is 0 Å². The minimum atomic E-state index is -0.867. The van der Waals surface area contributed by atoms with E-state index in [2.05, 4.69) is 20.3 Å². The summed E-state index contributed by atoms with van der Waals surface area (Å²) in [6.45, 7) is 0. The first-order chi connectivity index (χ1) is 16.4. The number of carboxylic acid groups (broad SMARTS) is 1. The largest absolute Gasteiger partial charge is 0.481 e. The molecule has 0 spiro atoms. The molecule has 2 aromatic carbocycles. The number of anilines is 1. The highest BCUT2D eigenvalue weighted by Crippen LogP contribution is 2.47. The van der Waals surface area contributed by atoms with Crippen LogP contribution in [0, 0.1) is 35.2 Å². The summed E-state index contributed by atoms with van der Waals surface area (Å²) in [5.74, 6) is -2.92. The van der Waals surface area contributed by atoms with Crippen molar-refractivity contribution < 1.29 is 23.1 Å². The molecule has 2 aromatic heterocycles. The molecular formula is C25H21F3N4O2. The van der Waals surface area contributed by atoms with E-state index in [0.717, 1.165) is 31.7 Å². The van der Waals surface area contributed by atoms with Crippen molar-refractivity contribution in [3.05, 3.63) is 54.0 Å². The maximum Gasteiger partial charge on any atom is 0.308 e. The van der Waals surface area contributed by atoms with E-state index in [0.29, 0.717) is 11.1 Å². The fourth-order valence-corrected chi connectivity index (χ4v) is 5.88. The second-order valence-electron chi connectivity index (χ2n) is 9.25. The number of nitrogens with zero attached hydrogens (tertiary/aromatic N) is 2. The highest BCUT2D eigenvalue weighted by molar-refractivity contribution is 5.97. The number of fused-ring (bicyclic) bond motifs is 5. The van der Waals surface area contributed by atoms with Gasteiger partial charge in [-0.05, 0) is 55.7 Å². The van der Waals surface area contributed by atoms with E-state index in [9.17, 15) is 23.1 Å². The van der Waals surface area contributed by atoms with Crippen LogP contribution in [0.15, 0.2) is 36.5 Å². The third kappa shape index (κ3) is 3.21. The van der Waals surface area contributed by atoms with Crippen LogP contribution in [0.25, 0.3) is 33.2 Å². The Bertz CT molecular complexity index is 1450. The number of aromatic amines is 1. The van der Waals surface area contributed by atoms with Crippen LogP contribution in [0.2, 0.25) is 0 Å². The van der Waals surface area contributed by atoms with Gasteiger partial charge in [-0.3, -0.25) is 4.79 Å². The smallest absolute Gasteiger partial charge is 0.308 e. The lowest BCUT2D eigenvalue weighted by Crippen LogP contribution is -2.51. The van der Waals surface area contributed by atoms with Gasteiger partial charge in [0.2, 0.25) is 0 Å².